The van der Waals surface area contributed by atoms with Gasteiger partial charge in [0.1, 0.15) is 29.7 Å². The van der Waals surface area contributed by atoms with Crippen LogP contribution in [0.3, 0.4) is 0 Å². The highest BCUT2D eigenvalue weighted by molar-refractivity contribution is 7.99. The number of thioether (sulfide) groups is 1. The molecule has 144 valence electrons. The lowest BCUT2D eigenvalue weighted by Gasteiger charge is -2.15. The minimum atomic E-state index is -1.04. The molecule has 28 heavy (non-hydrogen) atoms. The standard InChI is InChI=1S/C20H16ClF2N3OS/c1-2-9-28-19-24-12-26(25-19)11-20(15-8-7-13(22)10-17(15)23)18(27-20)14-5-3-4-6-16(14)21/h2-8,10,12,18H,1,9,11H2/t18-,20+/m1/s1. The molecule has 0 N–H and O–H groups in total. The van der Waals surface area contributed by atoms with Gasteiger partial charge in [0.05, 0.1) is 6.54 Å². The van der Waals surface area contributed by atoms with Crippen molar-refractivity contribution in [3.63, 3.8) is 0 Å². The molecule has 2 aromatic carbocycles. The van der Waals surface area contributed by atoms with E-state index in [1.54, 1.807) is 23.2 Å². The number of rotatable bonds is 7. The van der Waals surface area contributed by atoms with Crippen molar-refractivity contribution in [3.8, 4) is 0 Å². The number of ether oxygens (including phenoxy) is 1. The van der Waals surface area contributed by atoms with E-state index in [1.165, 1.54) is 23.9 Å². The number of aromatic nitrogens is 3. The molecule has 0 amide bonds. The molecule has 3 aromatic rings. The normalized spacial score (nSPS) is 20.9. The van der Waals surface area contributed by atoms with Gasteiger partial charge in [0, 0.05) is 28.0 Å². The monoisotopic (exact) mass is 419 g/mol. The summed E-state index contributed by atoms with van der Waals surface area (Å²) in [5, 5.41) is 5.52. The van der Waals surface area contributed by atoms with E-state index in [9.17, 15) is 8.78 Å². The number of halogens is 3. The molecular weight excluding hydrogens is 404 g/mol. The van der Waals surface area contributed by atoms with Gasteiger partial charge in [-0.15, -0.1) is 11.7 Å². The van der Waals surface area contributed by atoms with Gasteiger partial charge in [0.2, 0.25) is 5.16 Å². The Hall–Kier alpha value is -2.22. The van der Waals surface area contributed by atoms with Crippen molar-refractivity contribution < 1.29 is 13.5 Å². The highest BCUT2D eigenvalue weighted by Gasteiger charge is 2.60. The first-order valence-corrected chi connectivity index (χ1v) is 9.91. The molecular formula is C20H16ClF2N3OS. The van der Waals surface area contributed by atoms with Crippen molar-refractivity contribution in [1.82, 2.24) is 14.8 Å². The maximum atomic E-state index is 14.6. The van der Waals surface area contributed by atoms with Crippen LogP contribution in [0, 0.1) is 11.6 Å². The summed E-state index contributed by atoms with van der Waals surface area (Å²) in [6.45, 7) is 3.89. The van der Waals surface area contributed by atoms with Crippen molar-refractivity contribution in [1.29, 1.82) is 0 Å². The number of epoxide rings is 1. The minimum Gasteiger partial charge on any atom is -0.354 e. The van der Waals surface area contributed by atoms with Crippen LogP contribution in [-0.2, 0) is 16.9 Å². The van der Waals surface area contributed by atoms with Crippen LogP contribution in [0.5, 0.6) is 0 Å². The molecule has 0 saturated carbocycles. The third kappa shape index (κ3) is 3.57. The first kappa shape index (κ1) is 19.1. The minimum absolute atomic E-state index is 0.215. The molecule has 4 nitrogen and oxygen atoms in total. The van der Waals surface area contributed by atoms with Crippen molar-refractivity contribution in [2.45, 2.75) is 23.4 Å². The molecule has 2 atom stereocenters. The maximum Gasteiger partial charge on any atom is 0.208 e. The van der Waals surface area contributed by atoms with E-state index >= 15 is 0 Å². The van der Waals surface area contributed by atoms with Gasteiger partial charge >= 0.3 is 0 Å². The van der Waals surface area contributed by atoms with Crippen molar-refractivity contribution >= 4 is 23.4 Å². The van der Waals surface area contributed by atoms with Crippen LogP contribution >= 0.6 is 23.4 Å². The second kappa shape index (κ2) is 7.66. The van der Waals surface area contributed by atoms with Crippen LogP contribution in [0.25, 0.3) is 0 Å². The summed E-state index contributed by atoms with van der Waals surface area (Å²) in [5.74, 6) is -0.633. The fraction of sp³-hybridized carbons (Fsp3) is 0.200. The molecule has 4 rings (SSSR count). The molecule has 0 unspecified atom stereocenters. The molecule has 2 heterocycles. The van der Waals surface area contributed by atoms with E-state index in [0.717, 1.165) is 11.6 Å². The summed E-state index contributed by atoms with van der Waals surface area (Å²) >= 11 is 7.76. The molecule has 0 radical (unpaired) electrons. The topological polar surface area (TPSA) is 43.2 Å². The quantitative estimate of drug-likeness (QED) is 0.301. The maximum absolute atomic E-state index is 14.6. The number of hydrogen-bond donors (Lipinski definition) is 0. The van der Waals surface area contributed by atoms with Gasteiger partial charge in [-0.05, 0) is 12.1 Å². The second-order valence-electron chi connectivity index (χ2n) is 6.36. The lowest BCUT2D eigenvalue weighted by molar-refractivity contribution is 0.256. The van der Waals surface area contributed by atoms with Gasteiger partial charge < -0.3 is 4.74 Å². The summed E-state index contributed by atoms with van der Waals surface area (Å²) < 4.78 is 35.7. The molecule has 1 aromatic heterocycles. The summed E-state index contributed by atoms with van der Waals surface area (Å²) in [6, 6.07) is 10.7. The number of hydrogen-bond acceptors (Lipinski definition) is 4. The van der Waals surface area contributed by atoms with E-state index in [4.69, 9.17) is 16.3 Å². The molecule has 8 heteroatoms. The highest BCUT2D eigenvalue weighted by atomic mass is 35.5. The van der Waals surface area contributed by atoms with Crippen LogP contribution in [0.1, 0.15) is 17.2 Å². The largest absolute Gasteiger partial charge is 0.354 e. The predicted molar refractivity (Wildman–Crippen MR) is 104 cm³/mol. The van der Waals surface area contributed by atoms with E-state index in [1.807, 2.05) is 18.2 Å². The van der Waals surface area contributed by atoms with Gasteiger partial charge in [-0.2, -0.15) is 0 Å². The SMILES string of the molecule is C=CCSc1ncn(C[C@@]2(c3ccc(F)cc3F)O[C@@H]2c2ccccc2Cl)n1. The number of benzene rings is 2. The first-order valence-electron chi connectivity index (χ1n) is 8.54. The Bertz CT molecular complexity index is 1030. The lowest BCUT2D eigenvalue weighted by atomic mass is 9.91. The van der Waals surface area contributed by atoms with Gasteiger partial charge in [0.25, 0.3) is 0 Å². The Balaban J connectivity index is 1.70. The Labute approximate surface area is 170 Å². The third-order valence-electron chi connectivity index (χ3n) is 4.51. The zero-order valence-electron chi connectivity index (χ0n) is 14.7. The first-order chi connectivity index (χ1) is 13.5. The van der Waals surface area contributed by atoms with Crippen molar-refractivity contribution in [2.24, 2.45) is 0 Å². The van der Waals surface area contributed by atoms with Crippen LogP contribution in [0.2, 0.25) is 5.02 Å². The van der Waals surface area contributed by atoms with E-state index in [0.29, 0.717) is 15.9 Å². The zero-order valence-corrected chi connectivity index (χ0v) is 16.3. The average Bonchev–Trinajstić information content (AvgIpc) is 3.19. The second-order valence-corrected chi connectivity index (χ2v) is 7.75. The van der Waals surface area contributed by atoms with E-state index in [-0.39, 0.29) is 12.1 Å². The predicted octanol–water partition coefficient (Wildman–Crippen LogP) is 5.15. The van der Waals surface area contributed by atoms with Crippen molar-refractivity contribution in [2.75, 3.05) is 5.75 Å². The van der Waals surface area contributed by atoms with Crippen LogP contribution in [0.4, 0.5) is 8.78 Å². The molecule has 0 aliphatic carbocycles. The average molecular weight is 420 g/mol. The Morgan fingerprint density at radius 3 is 2.86 bits per heavy atom. The fourth-order valence-electron chi connectivity index (χ4n) is 3.22. The zero-order chi connectivity index (χ0) is 19.7. The summed E-state index contributed by atoms with van der Waals surface area (Å²) in [7, 11) is 0. The van der Waals surface area contributed by atoms with Gasteiger partial charge in [0.15, 0.2) is 0 Å². The smallest absolute Gasteiger partial charge is 0.208 e. The van der Waals surface area contributed by atoms with Gasteiger partial charge in [-0.25, -0.2) is 18.4 Å². The Kier molecular flexibility index (Phi) is 5.23. The summed E-state index contributed by atoms with van der Waals surface area (Å²) in [5.41, 5.74) is -0.0412. The lowest BCUT2D eigenvalue weighted by Crippen LogP contribution is -2.21. The van der Waals surface area contributed by atoms with Crippen LogP contribution in [-0.4, -0.2) is 20.5 Å². The van der Waals surface area contributed by atoms with Gasteiger partial charge in [-0.3, -0.25) is 0 Å². The fourth-order valence-corrected chi connectivity index (χ4v) is 4.00. The number of nitrogens with zero attached hydrogens (tertiary/aromatic N) is 3. The van der Waals surface area contributed by atoms with E-state index < -0.39 is 23.3 Å². The van der Waals surface area contributed by atoms with Crippen LogP contribution < -0.4 is 0 Å². The highest BCUT2D eigenvalue weighted by Crippen LogP contribution is 2.59. The molecule has 0 spiro atoms. The van der Waals surface area contributed by atoms with Crippen LogP contribution in [0.15, 0.2) is 66.6 Å². The van der Waals surface area contributed by atoms with Crippen molar-refractivity contribution in [3.05, 3.63) is 89.2 Å². The Morgan fingerprint density at radius 2 is 2.11 bits per heavy atom. The third-order valence-corrected chi connectivity index (χ3v) is 5.70. The molecule has 1 aliphatic rings. The summed E-state index contributed by atoms with van der Waals surface area (Å²) in [4.78, 5) is 4.24. The van der Waals surface area contributed by atoms with E-state index in [2.05, 4.69) is 16.7 Å². The molecule has 1 aliphatic heterocycles. The Morgan fingerprint density at radius 1 is 1.29 bits per heavy atom. The molecule has 1 saturated heterocycles. The molecule has 0 bridgehead atoms. The van der Waals surface area contributed by atoms with Gasteiger partial charge in [-0.1, -0.05) is 53.7 Å². The summed E-state index contributed by atoms with van der Waals surface area (Å²) in [6.07, 6.45) is 2.85. The molecule has 1 fully saturated rings.